The lowest BCUT2D eigenvalue weighted by atomic mass is 10.1. The number of urea groups is 1. The van der Waals surface area contributed by atoms with Gasteiger partial charge in [0.15, 0.2) is 5.82 Å². The summed E-state index contributed by atoms with van der Waals surface area (Å²) in [5.74, 6) is -0.278. The lowest BCUT2D eigenvalue weighted by Gasteiger charge is -2.15. The molecule has 0 atom stereocenters. The molecule has 0 aliphatic carbocycles. The van der Waals surface area contributed by atoms with Gasteiger partial charge in [-0.25, -0.2) is 28.6 Å². The van der Waals surface area contributed by atoms with Crippen molar-refractivity contribution in [3.8, 4) is 11.3 Å². The number of carbonyl (C=O) groups is 2. The van der Waals surface area contributed by atoms with E-state index in [1.165, 1.54) is 36.7 Å². The molecule has 1 aromatic carbocycles. The van der Waals surface area contributed by atoms with Crippen molar-refractivity contribution >= 4 is 30.8 Å². The van der Waals surface area contributed by atoms with Crippen LogP contribution in [0.15, 0.2) is 36.7 Å². The van der Waals surface area contributed by atoms with Crippen LogP contribution in [0.5, 0.6) is 0 Å². The van der Waals surface area contributed by atoms with Gasteiger partial charge in [-0.15, -0.1) is 0 Å². The number of hydrogen-bond donors (Lipinski definition) is 2. The van der Waals surface area contributed by atoms with Gasteiger partial charge in [0.2, 0.25) is 0 Å². The maximum atomic E-state index is 12.9. The highest BCUT2D eigenvalue weighted by atomic mass is 32.1. The molecule has 0 saturated heterocycles. The van der Waals surface area contributed by atoms with Gasteiger partial charge in [-0.3, -0.25) is 4.98 Å². The summed E-state index contributed by atoms with van der Waals surface area (Å²) in [7, 11) is 0. The fraction of sp³-hybridized carbons (Fsp3) is 0.143. The Bertz CT molecular complexity index is 711. The van der Waals surface area contributed by atoms with Crippen LogP contribution in [0.2, 0.25) is 0 Å². The average Bonchev–Trinajstić information content (AvgIpc) is 2.55. The molecule has 0 radical (unpaired) electrons. The molecule has 3 amide bonds. The maximum absolute atomic E-state index is 12.9. The van der Waals surface area contributed by atoms with Gasteiger partial charge in [0.1, 0.15) is 5.82 Å². The molecule has 0 saturated carbocycles. The van der Waals surface area contributed by atoms with Gasteiger partial charge in [-0.1, -0.05) is 12.8 Å². The Morgan fingerprint density at radius 1 is 1.30 bits per heavy atom. The number of alkyl carbamates (subject to hydrolysis) is 1. The SMILES string of the molecule is CCOC(=O)NC(=O)N(S)c1cncc(-c2ccc(F)cc2)n1. The summed E-state index contributed by atoms with van der Waals surface area (Å²) in [6, 6.07) is 4.80. The number of aromatic nitrogens is 2. The molecule has 0 spiro atoms. The molecule has 1 heterocycles. The third-order valence-electron chi connectivity index (χ3n) is 2.66. The first-order chi connectivity index (χ1) is 11.0. The minimum atomic E-state index is -0.890. The second kappa shape index (κ2) is 7.54. The predicted octanol–water partition coefficient (Wildman–Crippen LogP) is 2.80. The number of amides is 3. The van der Waals surface area contributed by atoms with Gasteiger partial charge >= 0.3 is 12.1 Å². The summed E-state index contributed by atoms with van der Waals surface area (Å²) in [6.45, 7) is 1.74. The Morgan fingerprint density at radius 3 is 2.65 bits per heavy atom. The van der Waals surface area contributed by atoms with Crippen molar-refractivity contribution in [2.75, 3.05) is 10.9 Å². The van der Waals surface area contributed by atoms with Crippen LogP contribution >= 0.6 is 12.8 Å². The van der Waals surface area contributed by atoms with Crippen LogP contribution in [0.4, 0.5) is 19.8 Å². The fourth-order valence-corrected chi connectivity index (χ4v) is 1.78. The number of nitrogens with zero attached hydrogens (tertiary/aromatic N) is 3. The summed E-state index contributed by atoms with van der Waals surface area (Å²) in [6.07, 6.45) is 1.87. The number of benzene rings is 1. The molecule has 23 heavy (non-hydrogen) atoms. The van der Waals surface area contributed by atoms with Crippen LogP contribution in [-0.2, 0) is 4.74 Å². The Balaban J connectivity index is 2.17. The Labute approximate surface area is 137 Å². The van der Waals surface area contributed by atoms with Gasteiger partial charge in [0, 0.05) is 5.56 Å². The monoisotopic (exact) mass is 336 g/mol. The number of halogens is 1. The Hall–Kier alpha value is -2.68. The van der Waals surface area contributed by atoms with E-state index >= 15 is 0 Å². The van der Waals surface area contributed by atoms with Gasteiger partial charge in [-0.05, 0) is 31.2 Å². The third kappa shape index (κ3) is 4.39. The summed E-state index contributed by atoms with van der Waals surface area (Å²) in [5.41, 5.74) is 1.04. The minimum Gasteiger partial charge on any atom is -0.450 e. The molecule has 0 bridgehead atoms. The molecule has 9 heteroatoms. The van der Waals surface area contributed by atoms with Crippen LogP contribution < -0.4 is 9.62 Å². The molecule has 0 aliphatic rings. The second-order valence-corrected chi connectivity index (χ2v) is 4.63. The number of hydrogen-bond acceptors (Lipinski definition) is 6. The number of anilines is 1. The zero-order chi connectivity index (χ0) is 16.8. The Kier molecular flexibility index (Phi) is 5.47. The maximum Gasteiger partial charge on any atom is 0.415 e. The van der Waals surface area contributed by atoms with Crippen molar-refractivity contribution in [2.24, 2.45) is 0 Å². The largest absolute Gasteiger partial charge is 0.450 e. The molecule has 120 valence electrons. The number of imide groups is 1. The van der Waals surface area contributed by atoms with E-state index in [0.29, 0.717) is 11.3 Å². The summed E-state index contributed by atoms with van der Waals surface area (Å²) < 4.78 is 18.4. The molecule has 2 rings (SSSR count). The first-order valence-corrected chi connectivity index (χ1v) is 6.96. The number of nitrogens with one attached hydrogen (secondary N) is 1. The average molecular weight is 336 g/mol. The topological polar surface area (TPSA) is 84.4 Å². The van der Waals surface area contributed by atoms with Crippen molar-refractivity contribution in [1.29, 1.82) is 0 Å². The summed E-state index contributed by atoms with van der Waals surface area (Å²) >= 11 is 3.98. The molecule has 1 aromatic heterocycles. The highest BCUT2D eigenvalue weighted by Crippen LogP contribution is 2.20. The van der Waals surface area contributed by atoms with Crippen molar-refractivity contribution < 1.29 is 18.7 Å². The van der Waals surface area contributed by atoms with E-state index < -0.39 is 12.1 Å². The number of thiol groups is 1. The zero-order valence-corrected chi connectivity index (χ0v) is 13.0. The second-order valence-electron chi connectivity index (χ2n) is 4.23. The van der Waals surface area contributed by atoms with E-state index in [1.54, 1.807) is 6.92 Å². The van der Waals surface area contributed by atoms with Crippen molar-refractivity contribution in [2.45, 2.75) is 6.92 Å². The van der Waals surface area contributed by atoms with Crippen LogP contribution in [-0.4, -0.2) is 28.7 Å². The summed E-state index contributed by atoms with van der Waals surface area (Å²) in [5, 5.41) is 1.98. The zero-order valence-electron chi connectivity index (χ0n) is 12.1. The normalized spacial score (nSPS) is 10.0. The van der Waals surface area contributed by atoms with Crippen LogP contribution in [0.1, 0.15) is 6.92 Å². The van der Waals surface area contributed by atoms with E-state index in [2.05, 4.69) is 27.5 Å². The van der Waals surface area contributed by atoms with Crippen LogP contribution in [0.3, 0.4) is 0 Å². The van der Waals surface area contributed by atoms with Crippen LogP contribution in [0, 0.1) is 5.82 Å². The molecule has 0 unspecified atom stereocenters. The van der Waals surface area contributed by atoms with Gasteiger partial charge in [-0.2, -0.15) is 0 Å². The molecule has 1 N–H and O–H groups in total. The van der Waals surface area contributed by atoms with Gasteiger partial charge in [0.05, 0.1) is 24.7 Å². The first kappa shape index (κ1) is 16.7. The van der Waals surface area contributed by atoms with Crippen molar-refractivity contribution in [3.05, 3.63) is 42.5 Å². The smallest absolute Gasteiger partial charge is 0.415 e. The van der Waals surface area contributed by atoms with E-state index in [0.717, 1.165) is 4.31 Å². The van der Waals surface area contributed by atoms with E-state index in [-0.39, 0.29) is 18.2 Å². The minimum absolute atomic E-state index is 0.0944. The van der Waals surface area contributed by atoms with Crippen molar-refractivity contribution in [3.63, 3.8) is 0 Å². The first-order valence-electron chi connectivity index (χ1n) is 6.56. The summed E-state index contributed by atoms with van der Waals surface area (Å²) in [4.78, 5) is 31.2. The van der Waals surface area contributed by atoms with Gasteiger partial charge in [0.25, 0.3) is 0 Å². The van der Waals surface area contributed by atoms with Crippen LogP contribution in [0.25, 0.3) is 11.3 Å². The highest BCUT2D eigenvalue weighted by molar-refractivity contribution is 7.82. The standard InChI is InChI=1S/C14H13FN4O3S/c1-2-22-14(21)18-13(20)19(23)12-8-16-7-11(17-12)9-3-5-10(15)6-4-9/h3-8,23H,2H2,1H3,(H,18,20,21). The van der Waals surface area contributed by atoms with E-state index in [4.69, 9.17) is 0 Å². The molecular weight excluding hydrogens is 323 g/mol. The Morgan fingerprint density at radius 2 is 2.00 bits per heavy atom. The number of carbonyl (C=O) groups excluding carboxylic acids is 2. The highest BCUT2D eigenvalue weighted by Gasteiger charge is 2.17. The lowest BCUT2D eigenvalue weighted by molar-refractivity contribution is 0.154. The number of rotatable bonds is 3. The molecule has 2 aromatic rings. The van der Waals surface area contributed by atoms with E-state index in [9.17, 15) is 14.0 Å². The fourth-order valence-electron chi connectivity index (χ4n) is 1.63. The van der Waals surface area contributed by atoms with E-state index in [1.807, 2.05) is 5.32 Å². The van der Waals surface area contributed by atoms with Gasteiger partial charge < -0.3 is 4.74 Å². The predicted molar refractivity (Wildman–Crippen MR) is 84.4 cm³/mol. The quantitative estimate of drug-likeness (QED) is 0.842. The molecular formula is C14H13FN4O3S. The van der Waals surface area contributed by atoms with Crippen molar-refractivity contribution in [1.82, 2.24) is 15.3 Å². The third-order valence-corrected chi connectivity index (χ3v) is 3.04. The molecule has 7 nitrogen and oxygen atoms in total. The number of ether oxygens (including phenoxy) is 1. The molecule has 0 fully saturated rings. The molecule has 0 aliphatic heterocycles. The lowest BCUT2D eigenvalue weighted by Crippen LogP contribution is -2.39.